The SMILES string of the molecule is CC1CC(CN)CN1S(=O)(=O)c1ccc(F)cc1Cl.Cl. The van der Waals surface area contributed by atoms with E-state index in [1.54, 1.807) is 0 Å². The number of hydrogen-bond acceptors (Lipinski definition) is 3. The minimum absolute atomic E-state index is 0. The van der Waals surface area contributed by atoms with Crippen molar-refractivity contribution in [2.24, 2.45) is 11.7 Å². The molecule has 2 N–H and O–H groups in total. The van der Waals surface area contributed by atoms with Gasteiger partial charge < -0.3 is 5.73 Å². The second-order valence-corrected chi connectivity index (χ2v) is 7.10. The van der Waals surface area contributed by atoms with Crippen LogP contribution in [0.5, 0.6) is 0 Å². The van der Waals surface area contributed by atoms with Crippen LogP contribution in [0.25, 0.3) is 0 Å². The number of sulfonamides is 1. The maximum absolute atomic E-state index is 13.0. The standard InChI is InChI=1S/C12H16ClFN2O2S.ClH/c1-8-4-9(6-15)7-16(8)19(17,18)12-3-2-10(14)5-11(12)13;/h2-3,5,8-9H,4,6-7,15H2,1H3;1H. The van der Waals surface area contributed by atoms with E-state index >= 15 is 0 Å². The summed E-state index contributed by atoms with van der Waals surface area (Å²) in [4.78, 5) is -0.0555. The topological polar surface area (TPSA) is 63.4 Å². The lowest BCUT2D eigenvalue weighted by atomic mass is 10.1. The van der Waals surface area contributed by atoms with E-state index in [4.69, 9.17) is 17.3 Å². The summed E-state index contributed by atoms with van der Waals surface area (Å²) in [5, 5.41) is -0.0941. The number of nitrogens with two attached hydrogens (primary N) is 1. The molecule has 1 fully saturated rings. The molecule has 4 nitrogen and oxygen atoms in total. The fourth-order valence-corrected chi connectivity index (χ4v) is 4.65. The highest BCUT2D eigenvalue weighted by Gasteiger charge is 2.38. The zero-order chi connectivity index (χ0) is 14.2. The molecule has 0 amide bonds. The molecule has 0 saturated carbocycles. The van der Waals surface area contributed by atoms with Gasteiger partial charge in [0.25, 0.3) is 0 Å². The van der Waals surface area contributed by atoms with E-state index in [2.05, 4.69) is 0 Å². The van der Waals surface area contributed by atoms with Crippen molar-refractivity contribution in [2.75, 3.05) is 13.1 Å². The summed E-state index contributed by atoms with van der Waals surface area (Å²) < 4.78 is 39.4. The smallest absolute Gasteiger partial charge is 0.244 e. The fourth-order valence-electron chi connectivity index (χ4n) is 2.43. The summed E-state index contributed by atoms with van der Waals surface area (Å²) in [5.41, 5.74) is 5.59. The van der Waals surface area contributed by atoms with Crippen LogP contribution in [-0.2, 0) is 10.0 Å². The first-order valence-electron chi connectivity index (χ1n) is 6.03. The Bertz CT molecular complexity index is 583. The highest BCUT2D eigenvalue weighted by atomic mass is 35.5. The zero-order valence-electron chi connectivity index (χ0n) is 10.9. The summed E-state index contributed by atoms with van der Waals surface area (Å²) >= 11 is 5.84. The number of rotatable bonds is 3. The first-order chi connectivity index (χ1) is 8.86. The van der Waals surface area contributed by atoms with Crippen LogP contribution in [0, 0.1) is 11.7 Å². The zero-order valence-corrected chi connectivity index (χ0v) is 13.3. The molecule has 0 bridgehead atoms. The molecular formula is C12H17Cl2FN2O2S. The second kappa shape index (κ2) is 6.58. The highest BCUT2D eigenvalue weighted by Crippen LogP contribution is 2.32. The number of hydrogen-bond donors (Lipinski definition) is 1. The summed E-state index contributed by atoms with van der Waals surface area (Å²) in [6.07, 6.45) is 0.731. The van der Waals surface area contributed by atoms with Gasteiger partial charge in [-0.15, -0.1) is 12.4 Å². The molecule has 20 heavy (non-hydrogen) atoms. The van der Waals surface area contributed by atoms with Crippen molar-refractivity contribution in [1.29, 1.82) is 0 Å². The normalized spacial score (nSPS) is 23.6. The highest BCUT2D eigenvalue weighted by molar-refractivity contribution is 7.89. The van der Waals surface area contributed by atoms with E-state index in [-0.39, 0.29) is 34.3 Å². The van der Waals surface area contributed by atoms with Gasteiger partial charge in [0.15, 0.2) is 0 Å². The minimum atomic E-state index is -3.70. The quantitative estimate of drug-likeness (QED) is 0.916. The summed E-state index contributed by atoms with van der Waals surface area (Å²) in [5.74, 6) is -0.401. The van der Waals surface area contributed by atoms with Gasteiger partial charge in [0.1, 0.15) is 10.7 Å². The van der Waals surface area contributed by atoms with Crippen LogP contribution in [0.4, 0.5) is 4.39 Å². The minimum Gasteiger partial charge on any atom is -0.330 e. The molecule has 2 rings (SSSR count). The second-order valence-electron chi connectivity index (χ2n) is 4.84. The lowest BCUT2D eigenvalue weighted by Gasteiger charge is -2.21. The average molecular weight is 343 g/mol. The van der Waals surface area contributed by atoms with Crippen LogP contribution < -0.4 is 5.73 Å². The van der Waals surface area contributed by atoms with Crippen molar-refractivity contribution in [3.05, 3.63) is 29.0 Å². The predicted molar refractivity (Wildman–Crippen MR) is 79.2 cm³/mol. The summed E-state index contributed by atoms with van der Waals surface area (Å²) in [6.45, 7) is 2.67. The predicted octanol–water partition coefficient (Wildman–Crippen LogP) is 2.26. The van der Waals surface area contributed by atoms with Crippen molar-refractivity contribution >= 4 is 34.0 Å². The number of nitrogens with zero attached hydrogens (tertiary/aromatic N) is 1. The van der Waals surface area contributed by atoms with E-state index in [0.717, 1.165) is 18.6 Å². The summed E-state index contributed by atoms with van der Waals surface area (Å²) in [7, 11) is -3.70. The molecule has 0 spiro atoms. The molecule has 2 unspecified atom stereocenters. The van der Waals surface area contributed by atoms with Crippen LogP contribution in [0.1, 0.15) is 13.3 Å². The Morgan fingerprint density at radius 1 is 1.50 bits per heavy atom. The third kappa shape index (κ3) is 3.26. The molecule has 1 saturated heterocycles. The molecule has 2 atom stereocenters. The van der Waals surface area contributed by atoms with Crippen LogP contribution in [0.3, 0.4) is 0 Å². The molecule has 1 heterocycles. The molecule has 8 heteroatoms. The van der Waals surface area contributed by atoms with Gasteiger partial charge in [0.2, 0.25) is 10.0 Å². The average Bonchev–Trinajstić information content (AvgIpc) is 2.70. The maximum Gasteiger partial charge on any atom is 0.244 e. The van der Waals surface area contributed by atoms with Crippen LogP contribution >= 0.6 is 24.0 Å². The fraction of sp³-hybridized carbons (Fsp3) is 0.500. The van der Waals surface area contributed by atoms with Gasteiger partial charge in [-0.2, -0.15) is 4.31 Å². The molecule has 0 aromatic heterocycles. The first-order valence-corrected chi connectivity index (χ1v) is 7.85. The van der Waals surface area contributed by atoms with Crippen molar-refractivity contribution in [3.8, 4) is 0 Å². The number of halogens is 3. The van der Waals surface area contributed by atoms with Crippen LogP contribution in [0.2, 0.25) is 5.02 Å². The monoisotopic (exact) mass is 342 g/mol. The van der Waals surface area contributed by atoms with Crippen molar-refractivity contribution < 1.29 is 12.8 Å². The van der Waals surface area contributed by atoms with E-state index in [0.29, 0.717) is 13.1 Å². The van der Waals surface area contributed by atoms with E-state index in [9.17, 15) is 12.8 Å². The van der Waals surface area contributed by atoms with Crippen LogP contribution in [-0.4, -0.2) is 31.9 Å². The van der Waals surface area contributed by atoms with Crippen molar-refractivity contribution in [3.63, 3.8) is 0 Å². The van der Waals surface area contributed by atoms with Gasteiger partial charge >= 0.3 is 0 Å². The maximum atomic E-state index is 13.0. The Hall–Kier alpha value is -0.400. The van der Waals surface area contributed by atoms with Crippen LogP contribution in [0.15, 0.2) is 23.1 Å². The molecular weight excluding hydrogens is 326 g/mol. The van der Waals surface area contributed by atoms with Gasteiger partial charge in [-0.05, 0) is 44.0 Å². The molecule has 1 aromatic rings. The Morgan fingerprint density at radius 2 is 2.15 bits per heavy atom. The third-order valence-electron chi connectivity index (χ3n) is 3.42. The Morgan fingerprint density at radius 3 is 2.65 bits per heavy atom. The van der Waals surface area contributed by atoms with Gasteiger partial charge in [0.05, 0.1) is 5.02 Å². The van der Waals surface area contributed by atoms with Gasteiger partial charge in [-0.3, -0.25) is 0 Å². The third-order valence-corrected chi connectivity index (χ3v) is 5.88. The molecule has 0 aliphatic carbocycles. The molecule has 1 aromatic carbocycles. The molecule has 114 valence electrons. The molecule has 0 radical (unpaired) electrons. The number of benzene rings is 1. The summed E-state index contributed by atoms with van der Waals surface area (Å²) in [6, 6.07) is 3.19. The molecule has 1 aliphatic heterocycles. The van der Waals surface area contributed by atoms with E-state index in [1.807, 2.05) is 6.92 Å². The van der Waals surface area contributed by atoms with Gasteiger partial charge in [-0.1, -0.05) is 11.6 Å². The van der Waals surface area contributed by atoms with Crippen molar-refractivity contribution in [1.82, 2.24) is 4.31 Å². The van der Waals surface area contributed by atoms with Gasteiger partial charge in [0, 0.05) is 12.6 Å². The van der Waals surface area contributed by atoms with Crippen molar-refractivity contribution in [2.45, 2.75) is 24.3 Å². The van der Waals surface area contributed by atoms with E-state index < -0.39 is 15.8 Å². The van der Waals surface area contributed by atoms with Gasteiger partial charge in [-0.25, -0.2) is 12.8 Å². The Labute approximate surface area is 129 Å². The Balaban J connectivity index is 0.00000200. The van der Waals surface area contributed by atoms with E-state index in [1.165, 1.54) is 10.4 Å². The lowest BCUT2D eigenvalue weighted by Crippen LogP contribution is -2.34. The first kappa shape index (κ1) is 17.7. The Kier molecular flexibility index (Phi) is 5.80. The molecule has 1 aliphatic rings. The largest absolute Gasteiger partial charge is 0.330 e. The lowest BCUT2D eigenvalue weighted by molar-refractivity contribution is 0.404.